The summed E-state index contributed by atoms with van der Waals surface area (Å²) < 4.78 is 23.0. The molecule has 1 rings (SSSR count). The highest BCUT2D eigenvalue weighted by Crippen LogP contribution is 2.17. The van der Waals surface area contributed by atoms with Crippen LogP contribution in [0.25, 0.3) is 0 Å². The molecule has 1 aromatic rings. The van der Waals surface area contributed by atoms with E-state index >= 15 is 0 Å². The van der Waals surface area contributed by atoms with Crippen LogP contribution in [0, 0.1) is 0 Å². The third-order valence-corrected chi connectivity index (χ3v) is 4.87. The van der Waals surface area contributed by atoms with Crippen LogP contribution < -0.4 is 10.6 Å². The lowest BCUT2D eigenvalue weighted by atomic mass is 10.2. The van der Waals surface area contributed by atoms with Crippen LogP contribution in [0.15, 0.2) is 24.3 Å². The lowest BCUT2D eigenvalue weighted by Crippen LogP contribution is -2.27. The van der Waals surface area contributed by atoms with E-state index in [9.17, 15) is 8.42 Å². The third-order valence-electron chi connectivity index (χ3n) is 3.07. The molecule has 0 aromatic heterocycles. The minimum Gasteiger partial charge on any atom is -0.399 e. The Kier molecular flexibility index (Phi) is 6.15. The Balaban J connectivity index is 2.61. The van der Waals surface area contributed by atoms with Crippen molar-refractivity contribution in [2.24, 2.45) is 0 Å². The van der Waals surface area contributed by atoms with Crippen LogP contribution in [0.1, 0.15) is 26.7 Å². The number of anilines is 2. The number of hydrogen-bond donors (Lipinski definition) is 1. The zero-order chi connectivity index (χ0) is 14.3. The van der Waals surface area contributed by atoms with Gasteiger partial charge in [0.15, 0.2) is 0 Å². The molecule has 4 nitrogen and oxygen atoms in total. The minimum atomic E-state index is -2.87. The number of nitrogens with two attached hydrogens (primary N) is 1. The van der Waals surface area contributed by atoms with Crippen molar-refractivity contribution in [1.82, 2.24) is 0 Å². The normalized spacial score (nSPS) is 11.5. The number of nitrogens with zero attached hydrogens (tertiary/aromatic N) is 1. The predicted octanol–water partition coefficient (Wildman–Crippen LogP) is 2.31. The van der Waals surface area contributed by atoms with Crippen molar-refractivity contribution < 1.29 is 8.42 Å². The van der Waals surface area contributed by atoms with Crippen LogP contribution in [0.4, 0.5) is 11.4 Å². The van der Waals surface area contributed by atoms with Gasteiger partial charge in [0.1, 0.15) is 9.84 Å². The van der Waals surface area contributed by atoms with Gasteiger partial charge in [-0.05, 0) is 37.1 Å². The van der Waals surface area contributed by atoms with E-state index in [2.05, 4.69) is 11.8 Å². The Bertz CT molecular complexity index is 469. The van der Waals surface area contributed by atoms with Gasteiger partial charge in [0, 0.05) is 30.2 Å². The lowest BCUT2D eigenvalue weighted by Gasteiger charge is -2.24. The van der Waals surface area contributed by atoms with E-state index in [1.807, 2.05) is 24.3 Å². The van der Waals surface area contributed by atoms with Gasteiger partial charge in [-0.25, -0.2) is 8.42 Å². The molecule has 0 aliphatic carbocycles. The first-order valence-electron chi connectivity index (χ1n) is 6.79. The molecule has 0 aliphatic heterocycles. The summed E-state index contributed by atoms with van der Waals surface area (Å²) in [5.74, 6) is 0.487. The Hall–Kier alpha value is -1.23. The highest BCUT2D eigenvalue weighted by atomic mass is 32.2. The van der Waals surface area contributed by atoms with Gasteiger partial charge in [-0.3, -0.25) is 0 Å². The van der Waals surface area contributed by atoms with Gasteiger partial charge < -0.3 is 10.6 Å². The van der Waals surface area contributed by atoms with Gasteiger partial charge in [0.05, 0.1) is 5.75 Å². The van der Waals surface area contributed by atoms with Gasteiger partial charge >= 0.3 is 0 Å². The molecule has 108 valence electrons. The molecular weight excluding hydrogens is 260 g/mol. The van der Waals surface area contributed by atoms with Gasteiger partial charge in [-0.1, -0.05) is 13.8 Å². The summed E-state index contributed by atoms with van der Waals surface area (Å²) in [6, 6.07) is 7.72. The van der Waals surface area contributed by atoms with Crippen molar-refractivity contribution in [2.45, 2.75) is 26.7 Å². The van der Waals surface area contributed by atoms with Crippen LogP contribution in [0.5, 0.6) is 0 Å². The summed E-state index contributed by atoms with van der Waals surface area (Å²) in [5, 5.41) is 0. The summed E-state index contributed by atoms with van der Waals surface area (Å²) in [6.45, 7) is 5.50. The largest absolute Gasteiger partial charge is 0.399 e. The number of benzene rings is 1. The van der Waals surface area contributed by atoms with Crippen molar-refractivity contribution in [3.05, 3.63) is 24.3 Å². The Morgan fingerprint density at radius 2 is 1.74 bits per heavy atom. The number of hydrogen-bond acceptors (Lipinski definition) is 4. The molecule has 0 amide bonds. The summed E-state index contributed by atoms with van der Waals surface area (Å²) >= 11 is 0. The molecule has 0 saturated carbocycles. The second-order valence-corrected chi connectivity index (χ2v) is 7.14. The van der Waals surface area contributed by atoms with Crippen molar-refractivity contribution in [1.29, 1.82) is 0 Å². The second-order valence-electron chi connectivity index (χ2n) is 4.67. The lowest BCUT2D eigenvalue weighted by molar-refractivity contribution is 0.593. The van der Waals surface area contributed by atoms with Crippen molar-refractivity contribution in [3.8, 4) is 0 Å². The average molecular weight is 284 g/mol. The quantitative estimate of drug-likeness (QED) is 0.744. The van der Waals surface area contributed by atoms with Crippen molar-refractivity contribution in [2.75, 3.05) is 35.2 Å². The molecule has 0 fully saturated rings. The van der Waals surface area contributed by atoms with E-state index in [-0.39, 0.29) is 11.5 Å². The molecule has 0 unspecified atom stereocenters. The first-order chi connectivity index (χ1) is 8.98. The first kappa shape index (κ1) is 15.8. The minimum absolute atomic E-state index is 0.225. The standard InChI is InChI=1S/C14H24N2O2S/c1-3-10-16(11-5-12-19(17,18)4-2)14-8-6-13(15)7-9-14/h6-9H,3-5,10-12,15H2,1-2H3. The molecule has 0 atom stereocenters. The molecule has 19 heavy (non-hydrogen) atoms. The smallest absolute Gasteiger partial charge is 0.150 e. The summed E-state index contributed by atoms with van der Waals surface area (Å²) in [6.07, 6.45) is 1.70. The zero-order valence-electron chi connectivity index (χ0n) is 11.8. The van der Waals surface area contributed by atoms with Crippen molar-refractivity contribution in [3.63, 3.8) is 0 Å². The molecule has 0 radical (unpaired) electrons. The van der Waals surface area contributed by atoms with Crippen LogP contribution in [0.2, 0.25) is 0 Å². The Labute approximate surface area is 116 Å². The SMILES string of the molecule is CCCN(CCCS(=O)(=O)CC)c1ccc(N)cc1. The van der Waals surface area contributed by atoms with E-state index in [4.69, 9.17) is 5.73 Å². The summed E-state index contributed by atoms with van der Waals surface area (Å²) in [5.41, 5.74) is 7.52. The number of nitrogen functional groups attached to an aromatic ring is 1. The molecule has 5 heteroatoms. The van der Waals surface area contributed by atoms with Gasteiger partial charge in [0.25, 0.3) is 0 Å². The Morgan fingerprint density at radius 3 is 2.26 bits per heavy atom. The molecule has 0 spiro atoms. The summed E-state index contributed by atoms with van der Waals surface area (Å²) in [4.78, 5) is 2.21. The monoisotopic (exact) mass is 284 g/mol. The number of rotatable bonds is 8. The second kappa shape index (κ2) is 7.38. The van der Waals surface area contributed by atoms with Crippen molar-refractivity contribution >= 4 is 21.2 Å². The maximum absolute atomic E-state index is 11.5. The topological polar surface area (TPSA) is 63.4 Å². The molecule has 0 bridgehead atoms. The molecular formula is C14H24N2O2S. The zero-order valence-corrected chi connectivity index (χ0v) is 12.6. The van der Waals surface area contributed by atoms with E-state index in [0.717, 1.165) is 30.9 Å². The molecule has 2 N–H and O–H groups in total. The average Bonchev–Trinajstić information content (AvgIpc) is 2.39. The van der Waals surface area contributed by atoms with Gasteiger partial charge in [-0.15, -0.1) is 0 Å². The van der Waals surface area contributed by atoms with Crippen LogP contribution in [-0.2, 0) is 9.84 Å². The van der Waals surface area contributed by atoms with Crippen LogP contribution in [0.3, 0.4) is 0 Å². The maximum Gasteiger partial charge on any atom is 0.150 e. The van der Waals surface area contributed by atoms with Crippen LogP contribution in [-0.4, -0.2) is 33.0 Å². The van der Waals surface area contributed by atoms with E-state index in [1.165, 1.54) is 0 Å². The van der Waals surface area contributed by atoms with Crippen LogP contribution >= 0.6 is 0 Å². The number of sulfone groups is 1. The molecule has 0 saturated heterocycles. The highest BCUT2D eigenvalue weighted by molar-refractivity contribution is 7.91. The fourth-order valence-corrected chi connectivity index (χ4v) is 2.80. The summed E-state index contributed by atoms with van der Waals surface area (Å²) in [7, 11) is -2.87. The highest BCUT2D eigenvalue weighted by Gasteiger charge is 2.10. The van der Waals surface area contributed by atoms with Gasteiger partial charge in [-0.2, -0.15) is 0 Å². The Morgan fingerprint density at radius 1 is 1.11 bits per heavy atom. The van der Waals surface area contributed by atoms with E-state index < -0.39 is 9.84 Å². The fraction of sp³-hybridized carbons (Fsp3) is 0.571. The van der Waals surface area contributed by atoms with E-state index in [1.54, 1.807) is 6.92 Å². The molecule has 0 aliphatic rings. The first-order valence-corrected chi connectivity index (χ1v) is 8.61. The molecule has 0 heterocycles. The molecule has 1 aromatic carbocycles. The van der Waals surface area contributed by atoms with E-state index in [0.29, 0.717) is 6.42 Å². The maximum atomic E-state index is 11.5. The predicted molar refractivity (Wildman–Crippen MR) is 82.3 cm³/mol. The fourth-order valence-electron chi connectivity index (χ4n) is 1.94. The van der Waals surface area contributed by atoms with Gasteiger partial charge in [0.2, 0.25) is 0 Å². The third kappa shape index (κ3) is 5.51.